The summed E-state index contributed by atoms with van der Waals surface area (Å²) in [4.78, 5) is 36.8. The lowest BCUT2D eigenvalue weighted by molar-refractivity contribution is -0.141. The Morgan fingerprint density at radius 2 is 1.60 bits per heavy atom. The number of rotatable bonds is 7. The molecule has 0 heterocycles. The number of carbonyl (C=O) groups excluding carboxylic acids is 2. The first-order chi connectivity index (χ1) is 16.9. The lowest BCUT2D eigenvalue weighted by Crippen LogP contribution is -2.56. The van der Waals surface area contributed by atoms with Crippen LogP contribution in [-0.2, 0) is 14.3 Å². The van der Waals surface area contributed by atoms with Crippen molar-refractivity contribution >= 4 is 18.0 Å². The number of nitrogens with one attached hydrogen (secondary N) is 2. The molecular weight excluding hydrogens is 444 g/mol. The highest BCUT2D eigenvalue weighted by Gasteiger charge is 2.42. The largest absolute Gasteiger partial charge is 0.481 e. The number of carbonyl (C=O) groups is 3. The second-order valence-electron chi connectivity index (χ2n) is 10.2. The normalized spacial score (nSPS) is 22.3. The molecular formula is C28H32N2O5. The summed E-state index contributed by atoms with van der Waals surface area (Å²) >= 11 is 0. The molecule has 0 unspecified atom stereocenters. The maximum atomic E-state index is 12.9. The first-order valence-electron chi connectivity index (χ1n) is 12.6. The fourth-order valence-electron chi connectivity index (χ4n) is 5.97. The number of alkyl carbamates (subject to hydrolysis) is 1. The third-order valence-corrected chi connectivity index (χ3v) is 7.90. The van der Waals surface area contributed by atoms with Crippen LogP contribution in [0.1, 0.15) is 68.4 Å². The maximum Gasteiger partial charge on any atom is 0.407 e. The van der Waals surface area contributed by atoms with Crippen LogP contribution < -0.4 is 10.6 Å². The van der Waals surface area contributed by atoms with Crippen molar-refractivity contribution in [3.8, 4) is 11.1 Å². The molecule has 3 aliphatic carbocycles. The van der Waals surface area contributed by atoms with Crippen LogP contribution in [0.15, 0.2) is 48.5 Å². The molecule has 5 rings (SSSR count). The standard InChI is InChI=1S/C28H32N2O5/c31-25(32)16-28(13-6-14-28)30-26(33)18-7-5-8-19(15-18)29-27(34)35-17-24-22-11-3-1-9-20(22)21-10-2-4-12-23(21)24/h1-4,9-12,18-19,24H,5-8,13-17H2,(H,29,34)(H,30,33)(H,31,32)/t18-,19+/m0/s1. The minimum absolute atomic E-state index is 0.00549. The van der Waals surface area contributed by atoms with E-state index in [-0.39, 0.29) is 36.8 Å². The molecule has 2 fully saturated rings. The van der Waals surface area contributed by atoms with E-state index in [4.69, 9.17) is 4.74 Å². The molecule has 0 aliphatic heterocycles. The number of amides is 2. The van der Waals surface area contributed by atoms with E-state index in [0.29, 0.717) is 19.3 Å². The van der Waals surface area contributed by atoms with Gasteiger partial charge in [0, 0.05) is 17.9 Å². The topological polar surface area (TPSA) is 105 Å². The molecule has 3 N–H and O–H groups in total. The van der Waals surface area contributed by atoms with E-state index in [2.05, 4.69) is 34.9 Å². The van der Waals surface area contributed by atoms with Crippen molar-refractivity contribution in [2.75, 3.05) is 6.61 Å². The van der Waals surface area contributed by atoms with Crippen molar-refractivity contribution in [2.24, 2.45) is 5.92 Å². The van der Waals surface area contributed by atoms with E-state index in [1.807, 2.05) is 24.3 Å². The lowest BCUT2D eigenvalue weighted by atomic mass is 9.73. The molecule has 35 heavy (non-hydrogen) atoms. The van der Waals surface area contributed by atoms with Gasteiger partial charge in [0.15, 0.2) is 0 Å². The molecule has 2 saturated carbocycles. The predicted octanol–water partition coefficient (Wildman–Crippen LogP) is 4.60. The molecule has 0 saturated heterocycles. The van der Waals surface area contributed by atoms with E-state index in [9.17, 15) is 19.5 Å². The van der Waals surface area contributed by atoms with Gasteiger partial charge in [0.1, 0.15) is 6.61 Å². The van der Waals surface area contributed by atoms with Gasteiger partial charge in [0.2, 0.25) is 5.91 Å². The van der Waals surface area contributed by atoms with Gasteiger partial charge < -0.3 is 20.5 Å². The summed E-state index contributed by atoms with van der Waals surface area (Å²) in [5, 5.41) is 15.2. The minimum atomic E-state index is -0.886. The molecule has 0 radical (unpaired) electrons. The van der Waals surface area contributed by atoms with E-state index in [0.717, 1.165) is 25.7 Å². The Balaban J connectivity index is 1.15. The second-order valence-corrected chi connectivity index (χ2v) is 10.2. The van der Waals surface area contributed by atoms with Crippen molar-refractivity contribution in [2.45, 2.75) is 68.9 Å². The van der Waals surface area contributed by atoms with E-state index in [1.54, 1.807) is 0 Å². The van der Waals surface area contributed by atoms with Crippen LogP contribution in [-0.4, -0.2) is 41.3 Å². The van der Waals surface area contributed by atoms with Crippen molar-refractivity contribution in [3.05, 3.63) is 59.7 Å². The summed E-state index contributed by atoms with van der Waals surface area (Å²) in [5.41, 5.74) is 4.11. The van der Waals surface area contributed by atoms with Gasteiger partial charge in [-0.3, -0.25) is 9.59 Å². The van der Waals surface area contributed by atoms with Gasteiger partial charge in [-0.15, -0.1) is 0 Å². The van der Waals surface area contributed by atoms with Gasteiger partial charge in [0.25, 0.3) is 0 Å². The number of aliphatic carboxylic acids is 1. The van der Waals surface area contributed by atoms with Gasteiger partial charge in [-0.2, -0.15) is 0 Å². The summed E-state index contributed by atoms with van der Waals surface area (Å²) in [5.74, 6) is -1.20. The highest BCUT2D eigenvalue weighted by molar-refractivity contribution is 5.81. The van der Waals surface area contributed by atoms with Gasteiger partial charge >= 0.3 is 12.1 Å². The zero-order chi connectivity index (χ0) is 24.4. The average Bonchev–Trinajstić information content (AvgIpc) is 3.15. The van der Waals surface area contributed by atoms with Crippen LogP contribution >= 0.6 is 0 Å². The molecule has 2 atom stereocenters. The highest BCUT2D eigenvalue weighted by Crippen LogP contribution is 2.44. The van der Waals surface area contributed by atoms with Crippen LogP contribution in [0.3, 0.4) is 0 Å². The predicted molar refractivity (Wildman–Crippen MR) is 131 cm³/mol. The zero-order valence-electron chi connectivity index (χ0n) is 19.8. The first-order valence-corrected chi connectivity index (χ1v) is 12.6. The lowest BCUT2D eigenvalue weighted by Gasteiger charge is -2.43. The minimum Gasteiger partial charge on any atom is -0.481 e. The molecule has 0 spiro atoms. The average molecular weight is 477 g/mol. The van der Waals surface area contributed by atoms with Crippen LogP contribution in [0.4, 0.5) is 4.79 Å². The first kappa shape index (κ1) is 23.4. The third-order valence-electron chi connectivity index (χ3n) is 7.90. The third kappa shape index (κ3) is 4.90. The fourth-order valence-corrected chi connectivity index (χ4v) is 5.97. The second kappa shape index (κ2) is 9.72. The molecule has 2 aromatic rings. The van der Waals surface area contributed by atoms with Crippen molar-refractivity contribution in [3.63, 3.8) is 0 Å². The van der Waals surface area contributed by atoms with Gasteiger partial charge in [-0.1, -0.05) is 55.0 Å². The number of hydrogen-bond acceptors (Lipinski definition) is 4. The summed E-state index contributed by atoms with van der Waals surface area (Å²) in [6.07, 6.45) is 4.78. The Kier molecular flexibility index (Phi) is 6.50. The van der Waals surface area contributed by atoms with Crippen LogP contribution in [0.2, 0.25) is 0 Å². The Labute approximate surface area is 205 Å². The van der Waals surface area contributed by atoms with E-state index in [1.165, 1.54) is 22.3 Å². The molecule has 0 aromatic heterocycles. The molecule has 7 nitrogen and oxygen atoms in total. The summed E-state index contributed by atoms with van der Waals surface area (Å²) in [6, 6.07) is 16.3. The fraction of sp³-hybridized carbons (Fsp3) is 0.464. The molecule has 2 aromatic carbocycles. The smallest absolute Gasteiger partial charge is 0.407 e. The van der Waals surface area contributed by atoms with Gasteiger partial charge in [-0.05, 0) is 60.8 Å². The number of carboxylic acid groups (broad SMARTS) is 1. The van der Waals surface area contributed by atoms with Crippen molar-refractivity contribution in [1.29, 1.82) is 0 Å². The molecule has 2 amide bonds. The SMILES string of the molecule is O=C(O)CC1(NC(=O)[C@H]2CCC[C@@H](NC(=O)OCC3c4ccccc4-c4ccccc43)C2)CCC1. The number of benzene rings is 2. The number of carboxylic acids is 1. The van der Waals surface area contributed by atoms with Gasteiger partial charge in [-0.25, -0.2) is 4.79 Å². The molecule has 0 bridgehead atoms. The molecule has 7 heteroatoms. The quantitative estimate of drug-likeness (QED) is 0.542. The summed E-state index contributed by atoms with van der Waals surface area (Å²) < 4.78 is 5.67. The number of fused-ring (bicyclic) bond motifs is 3. The molecule has 184 valence electrons. The van der Waals surface area contributed by atoms with Crippen molar-refractivity contribution < 1.29 is 24.2 Å². The Bertz CT molecular complexity index is 1080. The Hall–Kier alpha value is -3.35. The summed E-state index contributed by atoms with van der Waals surface area (Å²) in [6.45, 7) is 0.258. The van der Waals surface area contributed by atoms with Crippen LogP contribution in [0.25, 0.3) is 11.1 Å². The number of hydrogen-bond donors (Lipinski definition) is 3. The monoisotopic (exact) mass is 476 g/mol. The maximum absolute atomic E-state index is 12.9. The van der Waals surface area contributed by atoms with E-state index >= 15 is 0 Å². The zero-order valence-corrected chi connectivity index (χ0v) is 19.8. The van der Waals surface area contributed by atoms with E-state index < -0.39 is 17.6 Å². The molecule has 3 aliphatic rings. The number of ether oxygens (including phenoxy) is 1. The Morgan fingerprint density at radius 3 is 2.20 bits per heavy atom. The Morgan fingerprint density at radius 1 is 0.943 bits per heavy atom. The summed E-state index contributed by atoms with van der Waals surface area (Å²) in [7, 11) is 0. The highest BCUT2D eigenvalue weighted by atomic mass is 16.5. The van der Waals surface area contributed by atoms with Crippen LogP contribution in [0, 0.1) is 5.92 Å². The van der Waals surface area contributed by atoms with Gasteiger partial charge in [0.05, 0.1) is 12.0 Å². The van der Waals surface area contributed by atoms with Crippen LogP contribution in [0.5, 0.6) is 0 Å². The van der Waals surface area contributed by atoms with Crippen molar-refractivity contribution in [1.82, 2.24) is 10.6 Å².